The summed E-state index contributed by atoms with van der Waals surface area (Å²) in [6.45, 7) is 4.22. The van der Waals surface area contributed by atoms with Crippen molar-refractivity contribution in [1.29, 1.82) is 0 Å². The molecule has 1 aliphatic heterocycles. The summed E-state index contributed by atoms with van der Waals surface area (Å²) < 4.78 is 16.0. The van der Waals surface area contributed by atoms with Gasteiger partial charge in [-0.3, -0.25) is 14.5 Å². The van der Waals surface area contributed by atoms with Gasteiger partial charge in [0.05, 0.1) is 38.4 Å². The Labute approximate surface area is 208 Å². The van der Waals surface area contributed by atoms with Crippen LogP contribution in [0, 0.1) is 13.8 Å². The molecule has 0 bridgehead atoms. The number of aryl methyl sites for hydroxylation is 2. The predicted molar refractivity (Wildman–Crippen MR) is 136 cm³/mol. The largest absolute Gasteiger partial charge is 0.497 e. The van der Waals surface area contributed by atoms with E-state index in [0.717, 1.165) is 16.8 Å². The molecule has 0 radical (unpaired) electrons. The maximum atomic E-state index is 13.3. The highest BCUT2D eigenvalue weighted by molar-refractivity contribution is 8.15. The Morgan fingerprint density at radius 2 is 1.97 bits per heavy atom. The van der Waals surface area contributed by atoms with E-state index in [1.165, 1.54) is 18.9 Å². The van der Waals surface area contributed by atoms with Crippen LogP contribution in [0.5, 0.6) is 11.5 Å². The summed E-state index contributed by atoms with van der Waals surface area (Å²) in [5.41, 5.74) is 3.37. The van der Waals surface area contributed by atoms with E-state index in [1.54, 1.807) is 42.5 Å². The van der Waals surface area contributed by atoms with Crippen molar-refractivity contribution in [2.45, 2.75) is 32.1 Å². The fourth-order valence-corrected chi connectivity index (χ4v) is 4.79. The van der Waals surface area contributed by atoms with Crippen molar-refractivity contribution in [2.75, 3.05) is 19.5 Å². The maximum absolute atomic E-state index is 13.3. The molecule has 8 nitrogen and oxygen atoms in total. The molecule has 0 aliphatic carbocycles. The van der Waals surface area contributed by atoms with Crippen molar-refractivity contribution < 1.29 is 23.5 Å². The number of anilines is 1. The number of benzene rings is 2. The number of amides is 2. The van der Waals surface area contributed by atoms with E-state index in [9.17, 15) is 9.59 Å². The molecule has 2 amide bonds. The molecule has 9 heteroatoms. The van der Waals surface area contributed by atoms with E-state index in [2.05, 4.69) is 5.32 Å². The molecular formula is C26H27N3O5S. The van der Waals surface area contributed by atoms with Crippen LogP contribution in [-0.2, 0) is 16.1 Å². The second-order valence-corrected chi connectivity index (χ2v) is 9.28. The Morgan fingerprint density at radius 3 is 2.69 bits per heavy atom. The zero-order valence-electron chi connectivity index (χ0n) is 20.0. The number of nitrogens with one attached hydrogen (secondary N) is 1. The molecule has 2 aromatic carbocycles. The van der Waals surface area contributed by atoms with E-state index in [-0.39, 0.29) is 24.8 Å². The van der Waals surface area contributed by atoms with Gasteiger partial charge in [-0.25, -0.2) is 4.99 Å². The molecule has 1 atom stereocenters. The maximum Gasteiger partial charge on any atom is 0.243 e. The first kappa shape index (κ1) is 24.4. The fraction of sp³-hybridized carbons (Fsp3) is 0.269. The van der Waals surface area contributed by atoms with Crippen LogP contribution >= 0.6 is 11.8 Å². The lowest BCUT2D eigenvalue weighted by Crippen LogP contribution is -2.33. The summed E-state index contributed by atoms with van der Waals surface area (Å²) in [6.07, 6.45) is 1.55. The van der Waals surface area contributed by atoms with E-state index in [0.29, 0.717) is 28.1 Å². The molecule has 1 N–H and O–H groups in total. The van der Waals surface area contributed by atoms with Crippen molar-refractivity contribution in [2.24, 2.45) is 4.99 Å². The molecule has 35 heavy (non-hydrogen) atoms. The highest BCUT2D eigenvalue weighted by atomic mass is 32.2. The Bertz CT molecular complexity index is 1260. The molecule has 1 saturated heterocycles. The van der Waals surface area contributed by atoms with Crippen LogP contribution in [0.2, 0.25) is 0 Å². The molecule has 182 valence electrons. The average molecular weight is 494 g/mol. The van der Waals surface area contributed by atoms with Crippen LogP contribution in [0.4, 0.5) is 11.4 Å². The molecule has 0 spiro atoms. The molecule has 3 aromatic rings. The molecule has 1 aliphatic rings. The van der Waals surface area contributed by atoms with Crippen molar-refractivity contribution >= 4 is 40.1 Å². The van der Waals surface area contributed by atoms with Gasteiger partial charge in [-0.1, -0.05) is 23.9 Å². The lowest BCUT2D eigenvalue weighted by Gasteiger charge is -2.15. The number of methoxy groups -OCH3 is 2. The normalized spacial score (nSPS) is 16.6. The third-order valence-electron chi connectivity index (χ3n) is 5.55. The van der Waals surface area contributed by atoms with Gasteiger partial charge >= 0.3 is 0 Å². The fourth-order valence-electron chi connectivity index (χ4n) is 3.64. The zero-order valence-corrected chi connectivity index (χ0v) is 20.8. The number of thioether (sulfide) groups is 1. The second-order valence-electron chi connectivity index (χ2n) is 8.11. The topological polar surface area (TPSA) is 93.4 Å². The Morgan fingerprint density at radius 1 is 1.14 bits per heavy atom. The minimum atomic E-state index is -0.613. The van der Waals surface area contributed by atoms with Crippen LogP contribution in [0.3, 0.4) is 0 Å². The first-order valence-corrected chi connectivity index (χ1v) is 11.9. The summed E-state index contributed by atoms with van der Waals surface area (Å²) in [4.78, 5) is 32.6. The quantitative estimate of drug-likeness (QED) is 0.471. The van der Waals surface area contributed by atoms with Gasteiger partial charge in [0.1, 0.15) is 22.5 Å². The Hall–Kier alpha value is -3.72. The Balaban J connectivity index is 1.55. The predicted octanol–water partition coefficient (Wildman–Crippen LogP) is 5.07. The number of hydrogen-bond donors (Lipinski definition) is 1. The summed E-state index contributed by atoms with van der Waals surface area (Å²) in [5, 5.41) is 2.77. The molecule has 1 fully saturated rings. The third-order valence-corrected chi connectivity index (χ3v) is 6.72. The van der Waals surface area contributed by atoms with Crippen LogP contribution in [0.1, 0.15) is 23.3 Å². The van der Waals surface area contributed by atoms with E-state index in [1.807, 2.05) is 38.1 Å². The first-order valence-electron chi connectivity index (χ1n) is 11.1. The highest BCUT2D eigenvalue weighted by Crippen LogP contribution is 2.35. The van der Waals surface area contributed by atoms with Gasteiger partial charge in [-0.2, -0.15) is 0 Å². The van der Waals surface area contributed by atoms with Crippen molar-refractivity contribution in [3.63, 3.8) is 0 Å². The third kappa shape index (κ3) is 5.68. The number of carbonyl (C=O) groups excluding carboxylic acids is 2. The molecule has 1 unspecified atom stereocenters. The Kier molecular flexibility index (Phi) is 7.45. The van der Waals surface area contributed by atoms with Crippen LogP contribution in [0.25, 0.3) is 0 Å². The summed E-state index contributed by atoms with van der Waals surface area (Å²) in [7, 11) is 3.07. The standard InChI is InChI=1S/C26H27N3O5S/c1-16-7-8-17(2)21(12-16)28-26-29(15-19-6-5-11-34-19)25(31)23(35-26)14-24(30)27-20-10-9-18(32-3)13-22(20)33-4/h5-13,23H,14-15H2,1-4H3,(H,27,30). The van der Waals surface area contributed by atoms with Gasteiger partial charge in [-0.05, 0) is 55.3 Å². The molecule has 1 aromatic heterocycles. The number of aliphatic imine (C=N–C) groups is 1. The van der Waals surface area contributed by atoms with Crippen LogP contribution < -0.4 is 14.8 Å². The first-order chi connectivity index (χ1) is 16.9. The SMILES string of the molecule is COc1ccc(NC(=O)CC2SC(=Nc3cc(C)ccc3C)N(Cc3ccco3)C2=O)c(OC)c1. The number of rotatable bonds is 8. The number of ether oxygens (including phenoxy) is 2. The number of amidine groups is 1. The molecule has 2 heterocycles. The van der Waals surface area contributed by atoms with E-state index in [4.69, 9.17) is 18.9 Å². The van der Waals surface area contributed by atoms with Gasteiger partial charge in [0, 0.05) is 12.5 Å². The van der Waals surface area contributed by atoms with Gasteiger partial charge in [-0.15, -0.1) is 0 Å². The monoisotopic (exact) mass is 493 g/mol. The summed E-state index contributed by atoms with van der Waals surface area (Å²) >= 11 is 1.29. The highest BCUT2D eigenvalue weighted by Gasteiger charge is 2.39. The zero-order chi connectivity index (χ0) is 24.9. The molecule has 4 rings (SSSR count). The van der Waals surface area contributed by atoms with Crippen molar-refractivity contribution in [3.05, 3.63) is 71.7 Å². The average Bonchev–Trinajstić information content (AvgIpc) is 3.46. The lowest BCUT2D eigenvalue weighted by atomic mass is 10.1. The molecular weight excluding hydrogens is 466 g/mol. The van der Waals surface area contributed by atoms with Crippen LogP contribution in [0.15, 0.2) is 64.2 Å². The van der Waals surface area contributed by atoms with E-state index < -0.39 is 5.25 Å². The minimum absolute atomic E-state index is 0.0147. The van der Waals surface area contributed by atoms with E-state index >= 15 is 0 Å². The number of nitrogens with zero attached hydrogens (tertiary/aromatic N) is 2. The van der Waals surface area contributed by atoms with Gasteiger partial charge in [0.2, 0.25) is 11.8 Å². The summed E-state index contributed by atoms with van der Waals surface area (Å²) in [6, 6.07) is 14.7. The minimum Gasteiger partial charge on any atom is -0.497 e. The van der Waals surface area contributed by atoms with Gasteiger partial charge in [0.25, 0.3) is 0 Å². The van der Waals surface area contributed by atoms with Crippen molar-refractivity contribution in [1.82, 2.24) is 4.90 Å². The lowest BCUT2D eigenvalue weighted by molar-refractivity contribution is -0.128. The summed E-state index contributed by atoms with van der Waals surface area (Å²) in [5.74, 6) is 1.24. The van der Waals surface area contributed by atoms with Crippen molar-refractivity contribution in [3.8, 4) is 11.5 Å². The number of furan rings is 1. The van der Waals surface area contributed by atoms with Gasteiger partial charge in [0.15, 0.2) is 5.17 Å². The molecule has 0 saturated carbocycles. The number of hydrogen-bond acceptors (Lipinski definition) is 7. The van der Waals surface area contributed by atoms with Crippen LogP contribution in [-0.4, -0.2) is 41.4 Å². The smallest absolute Gasteiger partial charge is 0.243 e. The number of carbonyl (C=O) groups is 2. The van der Waals surface area contributed by atoms with Gasteiger partial charge < -0.3 is 19.2 Å². The second kappa shape index (κ2) is 10.7.